The third-order valence-corrected chi connectivity index (χ3v) is 5.21. The first-order chi connectivity index (χ1) is 11.0. The summed E-state index contributed by atoms with van der Waals surface area (Å²) in [4.78, 5) is 25.0. The van der Waals surface area contributed by atoms with Crippen molar-refractivity contribution < 1.29 is 4.79 Å². The third-order valence-electron chi connectivity index (χ3n) is 3.95. The minimum atomic E-state index is -0.415. The Hall–Kier alpha value is -2.90. The van der Waals surface area contributed by atoms with Crippen molar-refractivity contribution in [1.29, 1.82) is 10.5 Å². The number of carbonyl (C=O) groups is 1. The van der Waals surface area contributed by atoms with Gasteiger partial charge in [0.1, 0.15) is 23.0 Å². The number of aryl methyl sites for hydroxylation is 1. The number of Topliss-reactive ketones (excluding diaryl/α,β-unsaturated/α-hetero) is 1. The van der Waals surface area contributed by atoms with Crippen molar-refractivity contribution in [2.45, 2.75) is 26.2 Å². The molecule has 0 amide bonds. The second kappa shape index (κ2) is 5.38. The van der Waals surface area contributed by atoms with Gasteiger partial charge in [-0.1, -0.05) is 0 Å². The van der Waals surface area contributed by atoms with Crippen LogP contribution in [0.5, 0.6) is 0 Å². The number of aromatic nitrogens is 1. The minimum Gasteiger partial charge on any atom is -0.384 e. The molecule has 2 aromatic heterocycles. The summed E-state index contributed by atoms with van der Waals surface area (Å²) in [5, 5.41) is 19.1. The summed E-state index contributed by atoms with van der Waals surface area (Å²) in [5.74, 6) is -0.0155. The molecule has 0 aromatic carbocycles. The molecule has 0 unspecified atom stereocenters. The molecule has 3 rings (SSSR count). The zero-order valence-corrected chi connectivity index (χ0v) is 13.2. The van der Waals surface area contributed by atoms with Gasteiger partial charge in [0.25, 0.3) is 5.56 Å². The second-order valence-electron chi connectivity index (χ2n) is 5.35. The molecule has 23 heavy (non-hydrogen) atoms. The summed E-state index contributed by atoms with van der Waals surface area (Å²) < 4.78 is 1.17. The van der Waals surface area contributed by atoms with Crippen LogP contribution in [0.1, 0.15) is 44.8 Å². The predicted molar refractivity (Wildman–Crippen MR) is 85.8 cm³/mol. The Balaban J connectivity index is 2.38. The molecule has 0 saturated carbocycles. The van der Waals surface area contributed by atoms with E-state index in [1.807, 2.05) is 6.07 Å². The summed E-state index contributed by atoms with van der Waals surface area (Å²) in [6, 6.07) is 5.38. The van der Waals surface area contributed by atoms with Gasteiger partial charge >= 0.3 is 0 Å². The van der Waals surface area contributed by atoms with E-state index < -0.39 is 5.56 Å². The fourth-order valence-corrected chi connectivity index (χ4v) is 4.12. The van der Waals surface area contributed by atoms with E-state index in [-0.39, 0.29) is 17.2 Å². The van der Waals surface area contributed by atoms with Gasteiger partial charge in [-0.2, -0.15) is 10.5 Å². The average molecular weight is 324 g/mol. The van der Waals surface area contributed by atoms with Crippen LogP contribution in [0.2, 0.25) is 0 Å². The summed E-state index contributed by atoms with van der Waals surface area (Å²) >= 11 is 1.10. The first-order valence-electron chi connectivity index (χ1n) is 7.01. The van der Waals surface area contributed by atoms with Gasteiger partial charge in [-0.05, 0) is 30.9 Å². The monoisotopic (exact) mass is 324 g/mol. The standard InChI is InChI=1S/C16H12N4O2S/c1-8-5-13(22)20(15(19)10(8)6-17)16-11(7-18)9-3-2-4-12(21)14(9)23-16/h5H,2-4,19H2,1H3. The van der Waals surface area contributed by atoms with Gasteiger partial charge in [0.2, 0.25) is 0 Å². The highest BCUT2D eigenvalue weighted by molar-refractivity contribution is 7.17. The van der Waals surface area contributed by atoms with Crippen molar-refractivity contribution in [3.8, 4) is 17.1 Å². The van der Waals surface area contributed by atoms with Gasteiger partial charge in [-0.3, -0.25) is 14.2 Å². The van der Waals surface area contributed by atoms with E-state index in [0.717, 1.165) is 11.3 Å². The van der Waals surface area contributed by atoms with Gasteiger partial charge in [0.05, 0.1) is 16.0 Å². The number of pyridine rings is 1. The van der Waals surface area contributed by atoms with Gasteiger partial charge in [-0.25, -0.2) is 0 Å². The molecule has 2 heterocycles. The number of thiophene rings is 1. The Morgan fingerprint density at radius 2 is 1.91 bits per heavy atom. The first kappa shape index (κ1) is 15.0. The van der Waals surface area contributed by atoms with E-state index in [9.17, 15) is 20.1 Å². The molecular formula is C16H12N4O2S. The smallest absolute Gasteiger partial charge is 0.257 e. The number of fused-ring (bicyclic) bond motifs is 1. The Labute approximate surface area is 136 Å². The molecule has 7 heteroatoms. The van der Waals surface area contributed by atoms with Crippen LogP contribution in [0.3, 0.4) is 0 Å². The zero-order valence-electron chi connectivity index (χ0n) is 12.3. The minimum absolute atomic E-state index is 0.0000425. The van der Waals surface area contributed by atoms with Crippen LogP contribution in [0.4, 0.5) is 5.82 Å². The van der Waals surface area contributed by atoms with Crippen molar-refractivity contribution in [2.75, 3.05) is 5.73 Å². The summed E-state index contributed by atoms with van der Waals surface area (Å²) in [6.07, 6.45) is 1.77. The van der Waals surface area contributed by atoms with Crippen LogP contribution >= 0.6 is 11.3 Å². The van der Waals surface area contributed by atoms with Crippen LogP contribution in [0.15, 0.2) is 10.9 Å². The maximum atomic E-state index is 12.4. The quantitative estimate of drug-likeness (QED) is 0.862. The van der Waals surface area contributed by atoms with Crippen molar-refractivity contribution in [3.05, 3.63) is 43.6 Å². The van der Waals surface area contributed by atoms with Crippen LogP contribution in [-0.2, 0) is 6.42 Å². The van der Waals surface area contributed by atoms with Crippen LogP contribution in [-0.4, -0.2) is 10.4 Å². The topological polar surface area (TPSA) is 113 Å². The largest absolute Gasteiger partial charge is 0.384 e. The van der Waals surface area contributed by atoms with Crippen LogP contribution < -0.4 is 11.3 Å². The lowest BCUT2D eigenvalue weighted by Gasteiger charge is -2.11. The summed E-state index contributed by atoms with van der Waals surface area (Å²) in [7, 11) is 0. The van der Waals surface area contributed by atoms with Crippen molar-refractivity contribution >= 4 is 22.9 Å². The highest BCUT2D eigenvalue weighted by Gasteiger charge is 2.28. The molecule has 0 fully saturated rings. The highest BCUT2D eigenvalue weighted by atomic mass is 32.1. The number of carbonyl (C=O) groups excluding carboxylic acids is 1. The fourth-order valence-electron chi connectivity index (χ4n) is 2.84. The molecule has 0 saturated heterocycles. The van der Waals surface area contributed by atoms with E-state index in [1.54, 1.807) is 6.92 Å². The summed E-state index contributed by atoms with van der Waals surface area (Å²) in [5.41, 5.74) is 7.26. The molecule has 0 spiro atoms. The van der Waals surface area contributed by atoms with Gasteiger partial charge in [0, 0.05) is 12.5 Å². The number of nitriles is 2. The number of rotatable bonds is 1. The number of anilines is 1. The number of nitrogens with zero attached hydrogens (tertiary/aromatic N) is 3. The predicted octanol–water partition coefficient (Wildman–Crippen LogP) is 2.05. The zero-order chi connectivity index (χ0) is 16.7. The highest BCUT2D eigenvalue weighted by Crippen LogP contribution is 2.37. The molecular weight excluding hydrogens is 312 g/mol. The average Bonchev–Trinajstić information content (AvgIpc) is 2.87. The van der Waals surface area contributed by atoms with E-state index in [2.05, 4.69) is 6.07 Å². The Morgan fingerprint density at radius 3 is 2.57 bits per heavy atom. The maximum Gasteiger partial charge on any atom is 0.257 e. The molecule has 0 radical (unpaired) electrons. The molecule has 114 valence electrons. The van der Waals surface area contributed by atoms with Crippen molar-refractivity contribution in [2.24, 2.45) is 0 Å². The molecule has 6 nitrogen and oxygen atoms in total. The Morgan fingerprint density at radius 1 is 1.22 bits per heavy atom. The number of hydrogen-bond donors (Lipinski definition) is 1. The number of hydrogen-bond acceptors (Lipinski definition) is 6. The van der Waals surface area contributed by atoms with E-state index in [1.165, 1.54) is 10.6 Å². The lowest BCUT2D eigenvalue weighted by atomic mass is 9.95. The van der Waals surface area contributed by atoms with Crippen molar-refractivity contribution in [1.82, 2.24) is 4.57 Å². The lowest BCUT2D eigenvalue weighted by Crippen LogP contribution is -2.22. The van der Waals surface area contributed by atoms with Gasteiger partial charge in [-0.15, -0.1) is 11.3 Å². The molecule has 0 aliphatic heterocycles. The van der Waals surface area contributed by atoms with Gasteiger partial charge < -0.3 is 5.73 Å². The first-order valence-corrected chi connectivity index (χ1v) is 7.82. The maximum absolute atomic E-state index is 12.4. The number of nitrogen functional groups attached to an aromatic ring is 1. The summed E-state index contributed by atoms with van der Waals surface area (Å²) in [6.45, 7) is 1.63. The SMILES string of the molecule is Cc1cc(=O)n(-c2sc3c(c2C#N)CCCC3=O)c(N)c1C#N. The second-order valence-corrected chi connectivity index (χ2v) is 6.35. The Bertz CT molecular complexity index is 985. The molecule has 0 bridgehead atoms. The molecule has 1 aliphatic carbocycles. The van der Waals surface area contributed by atoms with Gasteiger partial charge in [0.15, 0.2) is 5.78 Å². The van der Waals surface area contributed by atoms with E-state index in [0.29, 0.717) is 45.8 Å². The molecule has 1 aliphatic rings. The number of nitrogens with two attached hydrogens (primary N) is 1. The number of ketones is 1. The molecule has 2 aromatic rings. The van der Waals surface area contributed by atoms with Crippen molar-refractivity contribution in [3.63, 3.8) is 0 Å². The van der Waals surface area contributed by atoms with Crippen LogP contribution in [0, 0.1) is 29.6 Å². The normalized spacial score (nSPS) is 13.3. The van der Waals surface area contributed by atoms with E-state index in [4.69, 9.17) is 5.73 Å². The third kappa shape index (κ3) is 2.14. The molecule has 2 N–H and O–H groups in total. The Kier molecular flexibility index (Phi) is 3.51. The fraction of sp³-hybridized carbons (Fsp3) is 0.250. The van der Waals surface area contributed by atoms with Crippen LogP contribution in [0.25, 0.3) is 5.00 Å². The van der Waals surface area contributed by atoms with E-state index >= 15 is 0 Å². The lowest BCUT2D eigenvalue weighted by molar-refractivity contribution is 0.0977. The molecule has 0 atom stereocenters.